The molecule has 2 aromatic carbocycles. The van der Waals surface area contributed by atoms with E-state index in [0.717, 1.165) is 85.6 Å². The van der Waals surface area contributed by atoms with E-state index < -0.39 is 11.5 Å². The minimum atomic E-state index is -0.785. The second kappa shape index (κ2) is 32.3. The number of halogens is 1. The molecule has 0 bridgehead atoms. The van der Waals surface area contributed by atoms with E-state index in [1.54, 1.807) is 21.1 Å². The number of rotatable bonds is 17. The number of aliphatic carboxylic acids is 1. The molecule has 64 heavy (non-hydrogen) atoms. The van der Waals surface area contributed by atoms with Gasteiger partial charge in [0.2, 0.25) is 0 Å². The van der Waals surface area contributed by atoms with Crippen LogP contribution in [0.5, 0.6) is 0 Å². The number of Topliss-reactive ketones (excluding diaryl/α,β-unsaturated/α-hetero) is 1. The summed E-state index contributed by atoms with van der Waals surface area (Å²) in [7, 11) is 4.75. The molecule has 0 heterocycles. The van der Waals surface area contributed by atoms with Gasteiger partial charge >= 0.3 is 18.1 Å². The van der Waals surface area contributed by atoms with Crippen LogP contribution in [0, 0.1) is 42.9 Å². The van der Waals surface area contributed by atoms with Gasteiger partial charge in [-0.3, -0.25) is 9.59 Å². The molecule has 0 aliphatic heterocycles. The summed E-state index contributed by atoms with van der Waals surface area (Å²) in [6.07, 6.45) is 11.3. The molecule has 13 heteroatoms. The number of ether oxygens (including phenoxy) is 5. The molecule has 0 spiro atoms. The van der Waals surface area contributed by atoms with Gasteiger partial charge in [0.15, 0.2) is 5.54 Å². The van der Waals surface area contributed by atoms with E-state index in [2.05, 4.69) is 62.3 Å². The number of methoxy groups -OCH3 is 3. The Labute approximate surface area is 388 Å². The minimum absolute atomic E-state index is 0. The zero-order chi connectivity index (χ0) is 47.4. The van der Waals surface area contributed by atoms with Crippen LogP contribution in [0.15, 0.2) is 24.3 Å². The number of carbonyl (C=O) groups is 3. The highest BCUT2D eigenvalue weighted by atomic mass is 35.5. The zero-order valence-electron chi connectivity index (χ0n) is 40.1. The van der Waals surface area contributed by atoms with Gasteiger partial charge in [0.05, 0.1) is 52.2 Å². The van der Waals surface area contributed by atoms with Crippen LogP contribution in [0.25, 0.3) is 0 Å². The Hall–Kier alpha value is -4.36. The highest BCUT2D eigenvalue weighted by molar-refractivity contribution is 5.82. The van der Waals surface area contributed by atoms with Crippen molar-refractivity contribution in [3.8, 4) is 23.7 Å². The van der Waals surface area contributed by atoms with Crippen molar-refractivity contribution >= 4 is 23.9 Å². The van der Waals surface area contributed by atoms with E-state index in [4.69, 9.17) is 38.4 Å². The normalized spacial score (nSPS) is 19.5. The first kappa shape index (κ1) is 59.6. The fourth-order valence-electron chi connectivity index (χ4n) is 8.50. The lowest BCUT2D eigenvalue weighted by Crippen LogP contribution is -3.00. The lowest BCUT2D eigenvalue weighted by molar-refractivity contribution is -0.472. The highest BCUT2D eigenvalue weighted by Gasteiger charge is 2.44. The lowest BCUT2D eigenvalue weighted by Gasteiger charge is -2.37. The quantitative estimate of drug-likeness (QED) is 0.134. The average Bonchev–Trinajstić information content (AvgIpc) is 3.23. The number of carboxylic acids is 1. The summed E-state index contributed by atoms with van der Waals surface area (Å²) in [4.78, 5) is 51.6. The van der Waals surface area contributed by atoms with Crippen molar-refractivity contribution in [3.05, 3.63) is 68.8 Å². The molecular weight excluding hydrogens is 838 g/mol. The first-order valence-electron chi connectivity index (χ1n) is 22.0. The molecule has 2 aromatic rings. The Kier molecular flexibility index (Phi) is 30.1. The fraction of sp³-hybridized carbons (Fsp3) is 0.608. The molecule has 4 unspecified atom stereocenters. The molecule has 4 rings (SSSR count). The molecule has 356 valence electrons. The summed E-state index contributed by atoms with van der Waals surface area (Å²) in [6, 6.07) is 8.20. The number of ketones is 1. The fourth-order valence-corrected chi connectivity index (χ4v) is 8.50. The monoisotopic (exact) mass is 911 g/mol. The third-order valence-corrected chi connectivity index (χ3v) is 11.5. The Morgan fingerprint density at radius 3 is 1.62 bits per heavy atom. The van der Waals surface area contributed by atoms with E-state index in [-0.39, 0.29) is 48.6 Å². The summed E-state index contributed by atoms with van der Waals surface area (Å²) in [5, 5.41) is 8.86. The predicted octanol–water partition coefficient (Wildman–Crippen LogP) is 3.76. The van der Waals surface area contributed by atoms with Gasteiger partial charge in [-0.25, -0.2) is 4.79 Å². The SMILES string of the molecule is CC#Cc1cc(C)c(CC(=O)CC2(C)CCCC(OCCOC)C2)c(CC)c1.CC#Cc1cc(C)c(CC(=O)O)c(CC)c1.COCCOC1CCCC([NH3+])(C(=O)OC)C1.O=C=O.[Cl-]. The Morgan fingerprint density at radius 2 is 1.20 bits per heavy atom. The second-order valence-electron chi connectivity index (χ2n) is 16.6. The Morgan fingerprint density at radius 1 is 0.750 bits per heavy atom. The maximum Gasteiger partial charge on any atom is 0.373 e. The number of quaternary nitrogens is 1. The number of esters is 1. The molecule has 4 N–H and O–H groups in total. The third-order valence-electron chi connectivity index (χ3n) is 11.5. The van der Waals surface area contributed by atoms with Crippen molar-refractivity contribution < 1.29 is 70.9 Å². The number of aryl methyl sites for hydroxylation is 4. The van der Waals surface area contributed by atoms with Gasteiger partial charge in [0.1, 0.15) is 5.78 Å². The van der Waals surface area contributed by atoms with Crippen molar-refractivity contribution in [3.63, 3.8) is 0 Å². The van der Waals surface area contributed by atoms with E-state index >= 15 is 0 Å². The molecule has 12 nitrogen and oxygen atoms in total. The van der Waals surface area contributed by atoms with E-state index in [1.165, 1.54) is 23.8 Å². The van der Waals surface area contributed by atoms with Gasteiger partial charge in [0, 0.05) is 51.0 Å². The van der Waals surface area contributed by atoms with Crippen LogP contribution in [0.1, 0.15) is 137 Å². The third kappa shape index (κ3) is 21.5. The summed E-state index contributed by atoms with van der Waals surface area (Å²) in [6.45, 7) is 16.5. The van der Waals surface area contributed by atoms with Gasteiger partial charge in [-0.15, -0.1) is 11.8 Å². The summed E-state index contributed by atoms with van der Waals surface area (Å²) in [5.74, 6) is 11.3. The summed E-state index contributed by atoms with van der Waals surface area (Å²) in [5.41, 5.74) is 12.1. The largest absolute Gasteiger partial charge is 1.00 e. The smallest absolute Gasteiger partial charge is 0.373 e. The Bertz CT molecular complexity index is 1920. The number of benzene rings is 2. The minimum Gasteiger partial charge on any atom is -1.00 e. The van der Waals surface area contributed by atoms with Gasteiger partial charge < -0.3 is 46.9 Å². The molecular formula is C51H74ClNO11. The summed E-state index contributed by atoms with van der Waals surface area (Å²) < 4.78 is 26.4. The van der Waals surface area contributed by atoms with E-state index in [9.17, 15) is 14.4 Å². The number of carbonyl (C=O) groups excluding carboxylic acids is 4. The van der Waals surface area contributed by atoms with Gasteiger partial charge in [-0.2, -0.15) is 9.59 Å². The summed E-state index contributed by atoms with van der Waals surface area (Å²) >= 11 is 0. The standard InChI is InChI=1S/C25H36O3.C14H16O2.C11H21NO4.CO2.ClH/c1-6-9-20-14-19(3)24(21(7-2)15-20)16-22(26)17-25(4)11-8-10-23(18-25)28-13-12-27-5;1-4-6-11-7-10(3)13(9-14(15)16)12(5-2)8-11;1-14-6-7-16-9-4-3-5-11(12,8-9)10(13)15-2;2-1-3;/h14-15,23H,7-8,10-13,16-18H2,1-5H3;7-8H,5,9H2,1-3H3,(H,15,16);9H,3-8,12H2,1-2H3;;1H. The molecule has 0 amide bonds. The molecule has 0 radical (unpaired) electrons. The molecule has 2 fully saturated rings. The predicted molar refractivity (Wildman–Crippen MR) is 242 cm³/mol. The second-order valence-corrected chi connectivity index (χ2v) is 16.6. The maximum atomic E-state index is 13.0. The lowest BCUT2D eigenvalue weighted by atomic mass is 9.71. The number of hydrogen-bond donors (Lipinski definition) is 2. The molecule has 2 saturated carbocycles. The Balaban J connectivity index is 0.000000948. The van der Waals surface area contributed by atoms with Crippen LogP contribution in [0.2, 0.25) is 0 Å². The van der Waals surface area contributed by atoms with Gasteiger partial charge in [0.25, 0.3) is 0 Å². The molecule has 2 aliphatic rings. The van der Waals surface area contributed by atoms with Crippen LogP contribution in [-0.2, 0) is 73.3 Å². The van der Waals surface area contributed by atoms with Crippen molar-refractivity contribution in [2.75, 3.05) is 47.8 Å². The van der Waals surface area contributed by atoms with Crippen LogP contribution < -0.4 is 18.1 Å². The highest BCUT2D eigenvalue weighted by Crippen LogP contribution is 2.40. The topological polar surface area (TPSA) is 179 Å². The van der Waals surface area contributed by atoms with E-state index in [0.29, 0.717) is 51.5 Å². The first-order valence-corrected chi connectivity index (χ1v) is 22.0. The molecule has 0 aromatic heterocycles. The van der Waals surface area contributed by atoms with Gasteiger partial charge in [-0.05, 0) is 136 Å². The van der Waals surface area contributed by atoms with Crippen molar-refractivity contribution in [1.82, 2.24) is 0 Å². The van der Waals surface area contributed by atoms with Crippen LogP contribution in [0.3, 0.4) is 0 Å². The van der Waals surface area contributed by atoms with Crippen LogP contribution in [0.4, 0.5) is 0 Å². The number of carboxylic acid groups (broad SMARTS) is 1. The zero-order valence-corrected chi connectivity index (χ0v) is 40.9. The average molecular weight is 913 g/mol. The van der Waals surface area contributed by atoms with Crippen LogP contribution >= 0.6 is 0 Å². The van der Waals surface area contributed by atoms with Crippen molar-refractivity contribution in [2.45, 2.75) is 150 Å². The molecule has 2 aliphatic carbocycles. The van der Waals surface area contributed by atoms with Crippen molar-refractivity contribution in [1.29, 1.82) is 0 Å². The molecule has 4 atom stereocenters. The first-order chi connectivity index (χ1) is 30.0. The number of hydrogen-bond acceptors (Lipinski definition) is 10. The maximum absolute atomic E-state index is 13.0. The molecule has 0 saturated heterocycles. The van der Waals surface area contributed by atoms with Crippen molar-refractivity contribution in [2.24, 2.45) is 5.41 Å². The van der Waals surface area contributed by atoms with Gasteiger partial charge in [-0.1, -0.05) is 39.0 Å². The van der Waals surface area contributed by atoms with E-state index in [1.807, 2.05) is 32.9 Å². The van der Waals surface area contributed by atoms with Crippen LogP contribution in [-0.4, -0.2) is 94.5 Å².